The van der Waals surface area contributed by atoms with E-state index in [0.717, 1.165) is 15.4 Å². The summed E-state index contributed by atoms with van der Waals surface area (Å²) in [5, 5.41) is 28.4. The first-order valence-corrected chi connectivity index (χ1v) is 42.8. The van der Waals surface area contributed by atoms with Gasteiger partial charge in [0.05, 0.1) is 72.3 Å². The average molecular weight is 1690 g/mol. The zero-order valence-electron chi connectivity index (χ0n) is 51.3. The maximum atomic E-state index is 13.8. The van der Waals surface area contributed by atoms with Gasteiger partial charge in [-0.2, -0.15) is 8.61 Å². The minimum atomic E-state index is -4.42. The van der Waals surface area contributed by atoms with Crippen LogP contribution < -0.4 is 31.6 Å². The van der Waals surface area contributed by atoms with Gasteiger partial charge in [-0.05, 0) is 135 Å². The molecule has 510 valence electrons. The van der Waals surface area contributed by atoms with Crippen LogP contribution in [0.25, 0.3) is 0 Å². The molecule has 4 aliphatic heterocycles. The van der Waals surface area contributed by atoms with Gasteiger partial charge in [-0.1, -0.05) is 52.0 Å². The minimum absolute atomic E-state index is 0. The van der Waals surface area contributed by atoms with Gasteiger partial charge in [0.2, 0.25) is 20.0 Å². The van der Waals surface area contributed by atoms with E-state index in [-0.39, 0.29) is 128 Å². The molecular formula is C58H85I3N6O20P2S2. The number of anilines is 2. The summed E-state index contributed by atoms with van der Waals surface area (Å²) in [7, 11) is -15.0. The van der Waals surface area contributed by atoms with Crippen LogP contribution in [0.2, 0.25) is 0 Å². The van der Waals surface area contributed by atoms with Gasteiger partial charge < -0.3 is 84.6 Å². The molecule has 8 rings (SSSR count). The van der Waals surface area contributed by atoms with Crippen molar-refractivity contribution in [3.8, 4) is 11.5 Å². The van der Waals surface area contributed by atoms with Crippen LogP contribution in [0, 0.1) is 23.7 Å². The van der Waals surface area contributed by atoms with Gasteiger partial charge in [-0.3, -0.25) is 4.57 Å². The second kappa shape index (κ2) is 36.2. The fraction of sp³-hybridized carbons (Fsp3) is 0.552. The Morgan fingerprint density at radius 2 is 0.945 bits per heavy atom. The molecule has 4 heterocycles. The molecule has 4 fully saturated rings. The van der Waals surface area contributed by atoms with Crippen molar-refractivity contribution < 1.29 is 93.4 Å². The van der Waals surface area contributed by atoms with Crippen molar-refractivity contribution in [3.63, 3.8) is 0 Å². The Hall–Kier alpha value is -3.23. The SMILES string of the molecule is CC(C)CN(C[C@@H](O)[C@H](Cc1ccc(N)cc1)NC(=O)O[C@H]1CO[C@H]2OCC[C@H]21)S(=O)(=O)c1ccc(OCP(=O)(O)O)cc1.CC(C)CN(C[C@@H](O)[C@H](Cc1ccc(N)cc1)NC(=O)O[C@H]1CO[C@H]2OCC[C@H]21)S(=O)(=O)c1ccc(OCP(C)(C)=O)cc1.I.II. The fourth-order valence-electron chi connectivity index (χ4n) is 10.3. The lowest BCUT2D eigenvalue weighted by Crippen LogP contribution is -2.51. The van der Waals surface area contributed by atoms with E-state index < -0.39 is 96.1 Å². The molecule has 0 unspecified atom stereocenters. The number of carbonyl (C=O) groups excluding carboxylic acids is 2. The summed E-state index contributed by atoms with van der Waals surface area (Å²) in [5.41, 5.74) is 14.3. The third-order valence-electron chi connectivity index (χ3n) is 14.7. The first kappa shape index (κ1) is 78.5. The van der Waals surface area contributed by atoms with Crippen molar-refractivity contribution in [1.29, 1.82) is 0 Å². The summed E-state index contributed by atoms with van der Waals surface area (Å²) >= 11 is 4.24. The number of hydrogen-bond donors (Lipinski definition) is 8. The van der Waals surface area contributed by atoms with Crippen molar-refractivity contribution in [2.24, 2.45) is 23.7 Å². The molecule has 26 nitrogen and oxygen atoms in total. The molecule has 0 aliphatic carbocycles. The molecule has 33 heteroatoms. The van der Waals surface area contributed by atoms with Crippen molar-refractivity contribution in [2.45, 2.75) is 112 Å². The van der Waals surface area contributed by atoms with Crippen LogP contribution in [0.5, 0.6) is 11.5 Å². The van der Waals surface area contributed by atoms with E-state index in [9.17, 15) is 45.8 Å². The predicted molar refractivity (Wildman–Crippen MR) is 369 cm³/mol. The number of nitrogens with zero attached hydrogens (tertiary/aromatic N) is 2. The number of nitrogen functional groups attached to an aromatic ring is 2. The van der Waals surface area contributed by atoms with E-state index in [0.29, 0.717) is 43.2 Å². The zero-order chi connectivity index (χ0) is 66.1. The van der Waals surface area contributed by atoms with Crippen LogP contribution in [0.1, 0.15) is 51.7 Å². The first-order valence-electron chi connectivity index (χ1n) is 29.1. The predicted octanol–water partition coefficient (Wildman–Crippen LogP) is 7.61. The van der Waals surface area contributed by atoms with Crippen molar-refractivity contribution in [2.75, 3.05) is 90.1 Å². The Kier molecular flexibility index (Phi) is 31.2. The molecule has 10 atom stereocenters. The minimum Gasteiger partial charge on any atom is -0.486 e. The van der Waals surface area contributed by atoms with E-state index in [4.69, 9.17) is 59.1 Å². The summed E-state index contributed by atoms with van der Waals surface area (Å²) in [5.74, 6) is 0.176. The third-order valence-corrected chi connectivity index (χ3v) is 19.6. The molecule has 4 aromatic carbocycles. The van der Waals surface area contributed by atoms with Crippen LogP contribution in [0.4, 0.5) is 21.0 Å². The third kappa shape index (κ3) is 24.7. The van der Waals surface area contributed by atoms with Crippen molar-refractivity contribution in [3.05, 3.63) is 108 Å². The number of rotatable bonds is 28. The largest absolute Gasteiger partial charge is 0.486 e. The topological polar surface area (TPSA) is 374 Å². The number of fused-ring (bicyclic) bond motifs is 2. The number of amides is 2. The first-order chi connectivity index (χ1) is 42.4. The van der Waals surface area contributed by atoms with Crippen molar-refractivity contribution >= 4 is 120 Å². The molecular weight excluding hydrogens is 1610 g/mol. The van der Waals surface area contributed by atoms with Gasteiger partial charge >= 0.3 is 19.8 Å². The second-order valence-corrected chi connectivity index (χ2v) is 32.5. The Bertz CT molecular complexity index is 3040. The van der Waals surface area contributed by atoms with Crippen molar-refractivity contribution in [1.82, 2.24) is 19.2 Å². The van der Waals surface area contributed by atoms with E-state index in [1.54, 1.807) is 61.9 Å². The molecule has 0 aromatic heterocycles. The zero-order valence-corrected chi connectivity index (χ0v) is 61.4. The number of aliphatic hydroxyl groups excluding tert-OH is 2. The average Bonchev–Trinajstić information content (AvgIpc) is 1.49. The summed E-state index contributed by atoms with van der Waals surface area (Å²) in [6.07, 6.45) is -4.97. The summed E-state index contributed by atoms with van der Waals surface area (Å²) in [6.45, 7) is 11.7. The Balaban J connectivity index is 0.000000318. The number of halogens is 3. The van der Waals surface area contributed by atoms with Crippen LogP contribution in [-0.2, 0) is 70.4 Å². The van der Waals surface area contributed by atoms with Gasteiger partial charge in [-0.15, -0.1) is 24.0 Å². The van der Waals surface area contributed by atoms with Gasteiger partial charge in [0.1, 0.15) is 37.2 Å². The highest BCUT2D eigenvalue weighted by Gasteiger charge is 2.46. The van der Waals surface area contributed by atoms with Gasteiger partial charge in [-0.25, -0.2) is 26.4 Å². The lowest BCUT2D eigenvalue weighted by Gasteiger charge is -2.31. The van der Waals surface area contributed by atoms with E-state index >= 15 is 0 Å². The fourth-order valence-corrected chi connectivity index (χ4v) is 14.3. The molecule has 4 saturated heterocycles. The number of benzene rings is 4. The molecule has 4 aliphatic rings. The summed E-state index contributed by atoms with van der Waals surface area (Å²) in [4.78, 5) is 44.0. The Labute approximate surface area is 573 Å². The van der Waals surface area contributed by atoms with Crippen LogP contribution in [0.3, 0.4) is 0 Å². The molecule has 0 spiro atoms. The lowest BCUT2D eigenvalue weighted by atomic mass is 10.0. The monoisotopic (exact) mass is 1690 g/mol. The molecule has 0 bridgehead atoms. The van der Waals surface area contributed by atoms with Gasteiger partial charge in [0.25, 0.3) is 0 Å². The second-order valence-electron chi connectivity index (χ2n) is 23.6. The van der Waals surface area contributed by atoms with E-state index in [1.807, 2.05) is 27.7 Å². The normalized spacial score (nSPS) is 21.0. The summed E-state index contributed by atoms with van der Waals surface area (Å²) < 4.78 is 124. The standard InChI is InChI=1S/C30H44N3O9PS.C28H40N3O11PS.I2.HI/c1-20(2)16-33(44(37,38)24-11-9-23(10-12-24)41-19-43(3,4)36)17-27(34)26(15-21-5-7-22(31)8-6-21)32-30(35)42-28-18-40-29-25(28)13-14-39-29;1-18(2)14-31(44(37,38)22-9-7-21(8-10-22)41-17-43(34,35)36)15-25(32)24(13-19-3-5-20(29)6-4-19)30-28(33)42-26-16-40-27-23(26)11-12-39-27;1-2;/h5-12,20,25-29,34H,13-19,31H2,1-4H3,(H,32,35);3-10,18,23-27,32H,11-17,29H2,1-2H3,(H,30,33)(H2,34,35,36);;1H/t25-,26-,27+,28-,29+;23-,24-,25+,26-,27+;;/m00../s1. The van der Waals surface area contributed by atoms with E-state index in [1.165, 1.54) is 52.8 Å². The maximum absolute atomic E-state index is 13.8. The van der Waals surface area contributed by atoms with Gasteiger partial charge in [0, 0.05) is 74.8 Å². The smallest absolute Gasteiger partial charge is 0.407 e. The molecule has 0 saturated carbocycles. The highest BCUT2D eigenvalue weighted by molar-refractivity contribution is 15.0. The lowest BCUT2D eigenvalue weighted by molar-refractivity contribution is -0.0909. The van der Waals surface area contributed by atoms with Gasteiger partial charge in [0.15, 0.2) is 18.9 Å². The highest BCUT2D eigenvalue weighted by Crippen LogP contribution is 2.38. The molecule has 91 heavy (non-hydrogen) atoms. The number of nitrogens with two attached hydrogens (primary N) is 2. The molecule has 4 aromatic rings. The number of ether oxygens (including phenoxy) is 8. The summed E-state index contributed by atoms with van der Waals surface area (Å²) in [6, 6.07) is 23.1. The number of hydrogen-bond acceptors (Lipinski definition) is 20. The Morgan fingerprint density at radius 1 is 0.593 bits per heavy atom. The Morgan fingerprint density at radius 3 is 1.27 bits per heavy atom. The molecule has 2 amide bonds. The number of carbonyl (C=O) groups is 2. The maximum Gasteiger partial charge on any atom is 0.407 e. The number of sulfonamides is 2. The number of aliphatic hydroxyl groups is 2. The number of nitrogens with one attached hydrogen (secondary N) is 2. The van der Waals surface area contributed by atoms with Crippen LogP contribution in [0.15, 0.2) is 107 Å². The van der Waals surface area contributed by atoms with Crippen LogP contribution in [-0.4, -0.2) is 185 Å². The van der Waals surface area contributed by atoms with E-state index in [2.05, 4.69) is 47.9 Å². The molecule has 0 radical (unpaired) electrons. The van der Waals surface area contributed by atoms with Crippen LogP contribution >= 0.6 is 75.9 Å². The number of alkyl carbamates (subject to hydrolysis) is 2. The molecule has 10 N–H and O–H groups in total. The highest BCUT2D eigenvalue weighted by atomic mass is 128. The quantitative estimate of drug-likeness (QED) is 0.0154.